The molecule has 0 spiro atoms. The molecule has 0 radical (unpaired) electrons. The van der Waals surface area contributed by atoms with Crippen LogP contribution >= 0.6 is 11.8 Å². The quantitative estimate of drug-likeness (QED) is 0.870. The van der Waals surface area contributed by atoms with Gasteiger partial charge in [0, 0.05) is 5.25 Å². The maximum Gasteiger partial charge on any atom is 0.104 e. The average molecular weight is 298 g/mol. The van der Waals surface area contributed by atoms with Gasteiger partial charge in [-0.3, -0.25) is 0 Å². The molecule has 110 valence electrons. The molecule has 0 aliphatic carbocycles. The van der Waals surface area contributed by atoms with Crippen molar-refractivity contribution >= 4 is 11.8 Å². The topological polar surface area (TPSA) is 20.2 Å². The van der Waals surface area contributed by atoms with Gasteiger partial charge in [-0.05, 0) is 48.1 Å². The molecule has 1 heterocycles. The van der Waals surface area contributed by atoms with Gasteiger partial charge in [-0.1, -0.05) is 54.6 Å². The van der Waals surface area contributed by atoms with Crippen molar-refractivity contribution in [3.8, 4) is 0 Å². The molecule has 1 aliphatic heterocycles. The first-order valence-corrected chi connectivity index (χ1v) is 8.81. The highest BCUT2D eigenvalue weighted by molar-refractivity contribution is 8.00. The Hall–Kier alpha value is -1.25. The molecule has 2 aromatic carbocycles. The Kier molecular flexibility index (Phi) is 5.00. The molecule has 21 heavy (non-hydrogen) atoms. The zero-order chi connectivity index (χ0) is 14.5. The predicted molar refractivity (Wildman–Crippen MR) is 90.7 cm³/mol. The SMILES string of the molecule is OC(c1ccccc1)c1ccc(CCC2CCCS2)cc1. The van der Waals surface area contributed by atoms with E-state index in [4.69, 9.17) is 0 Å². The molecule has 1 aliphatic rings. The van der Waals surface area contributed by atoms with E-state index >= 15 is 0 Å². The Morgan fingerprint density at radius 3 is 2.38 bits per heavy atom. The molecule has 1 nitrogen and oxygen atoms in total. The molecule has 2 unspecified atom stereocenters. The summed E-state index contributed by atoms with van der Waals surface area (Å²) in [6.45, 7) is 0. The molecule has 1 fully saturated rings. The van der Waals surface area contributed by atoms with Crippen LogP contribution < -0.4 is 0 Å². The lowest BCUT2D eigenvalue weighted by Gasteiger charge is -2.13. The van der Waals surface area contributed by atoms with Crippen molar-refractivity contribution in [1.29, 1.82) is 0 Å². The van der Waals surface area contributed by atoms with E-state index < -0.39 is 6.10 Å². The second kappa shape index (κ2) is 7.15. The lowest BCUT2D eigenvalue weighted by Crippen LogP contribution is -2.01. The minimum Gasteiger partial charge on any atom is -0.384 e. The predicted octanol–water partition coefficient (Wildman–Crippen LogP) is 4.60. The van der Waals surface area contributed by atoms with E-state index in [9.17, 15) is 5.11 Å². The van der Waals surface area contributed by atoms with Crippen molar-refractivity contribution in [3.05, 3.63) is 71.3 Å². The first-order valence-electron chi connectivity index (χ1n) is 7.76. The number of hydrogen-bond donors (Lipinski definition) is 1. The molecule has 1 N–H and O–H groups in total. The van der Waals surface area contributed by atoms with Gasteiger partial charge < -0.3 is 5.11 Å². The molecule has 2 atom stereocenters. The first-order chi connectivity index (χ1) is 10.3. The maximum absolute atomic E-state index is 10.4. The number of hydrogen-bond acceptors (Lipinski definition) is 2. The van der Waals surface area contributed by atoms with Gasteiger partial charge in [0.25, 0.3) is 0 Å². The van der Waals surface area contributed by atoms with E-state index in [1.807, 2.05) is 30.3 Å². The summed E-state index contributed by atoms with van der Waals surface area (Å²) in [4.78, 5) is 0. The Labute approximate surface area is 131 Å². The standard InChI is InChI=1S/C19H22OS/c20-19(16-5-2-1-3-6-16)17-11-8-15(9-12-17)10-13-18-7-4-14-21-18/h1-3,5-6,8-9,11-12,18-20H,4,7,10,13-14H2. The average Bonchev–Trinajstić information content (AvgIpc) is 3.07. The summed E-state index contributed by atoms with van der Waals surface area (Å²) in [6.07, 6.45) is 4.68. The summed E-state index contributed by atoms with van der Waals surface area (Å²) in [5, 5.41) is 11.2. The van der Waals surface area contributed by atoms with Crippen LogP contribution in [0.3, 0.4) is 0 Å². The summed E-state index contributed by atoms with van der Waals surface area (Å²) >= 11 is 2.13. The third-order valence-corrected chi connectivity index (χ3v) is 5.66. The van der Waals surface area contributed by atoms with E-state index in [1.54, 1.807) is 0 Å². The fourth-order valence-corrected chi connectivity index (χ4v) is 4.18. The van der Waals surface area contributed by atoms with Crippen LogP contribution in [0.15, 0.2) is 54.6 Å². The number of aryl methyl sites for hydroxylation is 1. The largest absolute Gasteiger partial charge is 0.384 e. The molecule has 1 saturated heterocycles. The summed E-state index contributed by atoms with van der Waals surface area (Å²) in [7, 11) is 0. The van der Waals surface area contributed by atoms with E-state index in [2.05, 4.69) is 36.0 Å². The zero-order valence-corrected chi connectivity index (χ0v) is 13.1. The van der Waals surface area contributed by atoms with Crippen LogP contribution in [0.4, 0.5) is 0 Å². The second-order valence-electron chi connectivity index (χ2n) is 5.73. The molecule has 0 aromatic heterocycles. The Balaban J connectivity index is 1.61. The van der Waals surface area contributed by atoms with Gasteiger partial charge in [0.1, 0.15) is 6.10 Å². The van der Waals surface area contributed by atoms with Crippen LogP contribution in [0.5, 0.6) is 0 Å². The van der Waals surface area contributed by atoms with Crippen molar-refractivity contribution in [2.45, 2.75) is 37.0 Å². The second-order valence-corrected chi connectivity index (χ2v) is 7.14. The third-order valence-electron chi connectivity index (χ3n) is 4.19. The van der Waals surface area contributed by atoms with E-state index in [0.717, 1.165) is 22.8 Å². The Morgan fingerprint density at radius 1 is 1.00 bits per heavy atom. The van der Waals surface area contributed by atoms with Crippen LogP contribution in [-0.4, -0.2) is 16.1 Å². The first kappa shape index (κ1) is 14.7. The molecule has 2 heteroatoms. The fraction of sp³-hybridized carbons (Fsp3) is 0.368. The van der Waals surface area contributed by atoms with Gasteiger partial charge in [-0.25, -0.2) is 0 Å². The molecule has 0 amide bonds. The minimum absolute atomic E-state index is 0.523. The molecule has 0 bridgehead atoms. The van der Waals surface area contributed by atoms with Gasteiger partial charge in [0.2, 0.25) is 0 Å². The van der Waals surface area contributed by atoms with Crippen molar-refractivity contribution in [3.63, 3.8) is 0 Å². The highest BCUT2D eigenvalue weighted by atomic mass is 32.2. The van der Waals surface area contributed by atoms with Crippen molar-refractivity contribution < 1.29 is 5.11 Å². The summed E-state index contributed by atoms with van der Waals surface area (Å²) in [6, 6.07) is 18.3. The smallest absolute Gasteiger partial charge is 0.104 e. The van der Waals surface area contributed by atoms with E-state index in [1.165, 1.54) is 30.6 Å². The molecule has 0 saturated carbocycles. The number of aliphatic hydroxyl groups excluding tert-OH is 1. The van der Waals surface area contributed by atoms with E-state index in [0.29, 0.717) is 0 Å². The van der Waals surface area contributed by atoms with Crippen LogP contribution in [0.25, 0.3) is 0 Å². The Bertz CT molecular complexity index is 544. The van der Waals surface area contributed by atoms with Gasteiger partial charge in [0.15, 0.2) is 0 Å². The third kappa shape index (κ3) is 3.90. The highest BCUT2D eigenvalue weighted by Crippen LogP contribution is 2.30. The number of benzene rings is 2. The fourth-order valence-electron chi connectivity index (χ4n) is 2.89. The molecule has 3 rings (SSSR count). The normalized spacial score (nSPS) is 19.6. The van der Waals surface area contributed by atoms with Crippen LogP contribution in [0, 0.1) is 0 Å². The van der Waals surface area contributed by atoms with Gasteiger partial charge in [-0.2, -0.15) is 11.8 Å². The lowest BCUT2D eigenvalue weighted by atomic mass is 9.99. The minimum atomic E-state index is -0.523. The molecular formula is C19H22OS. The monoisotopic (exact) mass is 298 g/mol. The summed E-state index contributed by atoms with van der Waals surface area (Å²) < 4.78 is 0. The Morgan fingerprint density at radius 2 is 1.71 bits per heavy atom. The summed E-state index contributed by atoms with van der Waals surface area (Å²) in [5.74, 6) is 1.34. The highest BCUT2D eigenvalue weighted by Gasteiger charge is 2.15. The van der Waals surface area contributed by atoms with Gasteiger partial charge >= 0.3 is 0 Å². The number of aliphatic hydroxyl groups is 1. The van der Waals surface area contributed by atoms with Crippen molar-refractivity contribution in [2.75, 3.05) is 5.75 Å². The lowest BCUT2D eigenvalue weighted by molar-refractivity contribution is 0.220. The van der Waals surface area contributed by atoms with Crippen LogP contribution in [0.2, 0.25) is 0 Å². The number of thioether (sulfide) groups is 1. The van der Waals surface area contributed by atoms with Crippen molar-refractivity contribution in [2.24, 2.45) is 0 Å². The maximum atomic E-state index is 10.4. The zero-order valence-electron chi connectivity index (χ0n) is 12.2. The van der Waals surface area contributed by atoms with Crippen LogP contribution in [0.1, 0.15) is 42.1 Å². The number of rotatable bonds is 5. The van der Waals surface area contributed by atoms with Gasteiger partial charge in [-0.15, -0.1) is 0 Å². The summed E-state index contributed by atoms with van der Waals surface area (Å²) in [5.41, 5.74) is 3.30. The van der Waals surface area contributed by atoms with Crippen molar-refractivity contribution in [1.82, 2.24) is 0 Å². The van der Waals surface area contributed by atoms with Gasteiger partial charge in [0.05, 0.1) is 0 Å². The molecular weight excluding hydrogens is 276 g/mol. The van der Waals surface area contributed by atoms with Crippen LogP contribution in [-0.2, 0) is 6.42 Å². The van der Waals surface area contributed by atoms with E-state index in [-0.39, 0.29) is 0 Å². The molecule has 2 aromatic rings.